The van der Waals surface area contributed by atoms with Crippen molar-refractivity contribution in [1.82, 2.24) is 0 Å². The normalized spacial score (nSPS) is 10.5. The highest BCUT2D eigenvalue weighted by Gasteiger charge is 2.27. The van der Waals surface area contributed by atoms with Gasteiger partial charge >= 0.3 is 18.6 Å². The number of ether oxygens (including phenoxy) is 3. The maximum Gasteiger partial charge on any atom is 0.387 e. The standard InChI is InChI=1S/C20H22F2N2O5S2/c1-5-27-17(25)14-11(4)15(18(26)28-6-2)31-16(14)24-20(30)23-12-9-10(3)7-8-13(12)29-19(21)22/h7-9,19H,5-6H2,1-4H3,(H2,23,24,30). The number of esters is 2. The van der Waals surface area contributed by atoms with Gasteiger partial charge in [-0.2, -0.15) is 8.78 Å². The number of thiophene rings is 1. The van der Waals surface area contributed by atoms with Crippen molar-refractivity contribution in [2.24, 2.45) is 0 Å². The maximum absolute atomic E-state index is 12.7. The molecule has 2 rings (SSSR count). The van der Waals surface area contributed by atoms with Gasteiger partial charge in [0.05, 0.1) is 24.5 Å². The summed E-state index contributed by atoms with van der Waals surface area (Å²) in [5, 5.41) is 5.90. The van der Waals surface area contributed by atoms with E-state index < -0.39 is 18.6 Å². The minimum Gasteiger partial charge on any atom is -0.462 e. The van der Waals surface area contributed by atoms with E-state index in [-0.39, 0.29) is 45.2 Å². The summed E-state index contributed by atoms with van der Waals surface area (Å²) in [6, 6.07) is 4.60. The van der Waals surface area contributed by atoms with Crippen LogP contribution in [0.25, 0.3) is 0 Å². The quantitative estimate of drug-likeness (QED) is 0.404. The molecule has 0 atom stereocenters. The molecule has 1 aromatic carbocycles. The van der Waals surface area contributed by atoms with Crippen LogP contribution in [-0.4, -0.2) is 36.9 Å². The van der Waals surface area contributed by atoms with Crippen LogP contribution in [0.5, 0.6) is 5.75 Å². The monoisotopic (exact) mass is 472 g/mol. The first kappa shape index (κ1) is 24.5. The van der Waals surface area contributed by atoms with Crippen molar-refractivity contribution in [1.29, 1.82) is 0 Å². The average molecular weight is 473 g/mol. The highest BCUT2D eigenvalue weighted by Crippen LogP contribution is 2.35. The van der Waals surface area contributed by atoms with Gasteiger partial charge in [0.15, 0.2) is 5.11 Å². The number of thiocarbonyl (C=S) groups is 1. The van der Waals surface area contributed by atoms with Crippen molar-refractivity contribution in [3.63, 3.8) is 0 Å². The highest BCUT2D eigenvalue weighted by atomic mass is 32.1. The SMILES string of the molecule is CCOC(=O)c1sc(NC(=S)Nc2cc(C)ccc2OC(F)F)c(C(=O)OCC)c1C. The second-order valence-electron chi connectivity index (χ2n) is 6.16. The Bertz CT molecular complexity index is 979. The Morgan fingerprint density at radius 1 is 1.10 bits per heavy atom. The summed E-state index contributed by atoms with van der Waals surface area (Å²) in [6.07, 6.45) is 0. The van der Waals surface area contributed by atoms with E-state index >= 15 is 0 Å². The number of anilines is 2. The molecule has 2 aromatic rings. The second-order valence-corrected chi connectivity index (χ2v) is 7.59. The molecule has 2 N–H and O–H groups in total. The van der Waals surface area contributed by atoms with Crippen LogP contribution in [0.1, 0.15) is 45.0 Å². The van der Waals surface area contributed by atoms with Crippen molar-refractivity contribution in [3.05, 3.63) is 39.8 Å². The molecule has 0 bridgehead atoms. The van der Waals surface area contributed by atoms with Crippen LogP contribution in [0.3, 0.4) is 0 Å². The molecule has 0 aliphatic rings. The van der Waals surface area contributed by atoms with Gasteiger partial charge in [-0.05, 0) is 63.2 Å². The summed E-state index contributed by atoms with van der Waals surface area (Å²) in [4.78, 5) is 24.9. The van der Waals surface area contributed by atoms with Crippen LogP contribution >= 0.6 is 23.6 Å². The summed E-state index contributed by atoms with van der Waals surface area (Å²) < 4.78 is 40.0. The van der Waals surface area contributed by atoms with Gasteiger partial charge in [-0.1, -0.05) is 6.07 Å². The van der Waals surface area contributed by atoms with Crippen molar-refractivity contribution in [3.8, 4) is 5.75 Å². The molecule has 0 amide bonds. The molecular formula is C20H22F2N2O5S2. The van der Waals surface area contributed by atoms with E-state index in [2.05, 4.69) is 15.4 Å². The minimum absolute atomic E-state index is 0.00641. The van der Waals surface area contributed by atoms with E-state index in [1.54, 1.807) is 39.8 Å². The van der Waals surface area contributed by atoms with Crippen molar-refractivity contribution >= 4 is 51.3 Å². The Kier molecular flexibility index (Phi) is 8.69. The largest absolute Gasteiger partial charge is 0.462 e. The maximum atomic E-state index is 12.7. The lowest BCUT2D eigenvalue weighted by Crippen LogP contribution is -2.21. The molecule has 0 aliphatic carbocycles. The van der Waals surface area contributed by atoms with Crippen LogP contribution < -0.4 is 15.4 Å². The molecule has 0 fully saturated rings. The van der Waals surface area contributed by atoms with Crippen LogP contribution in [0.15, 0.2) is 18.2 Å². The van der Waals surface area contributed by atoms with Gasteiger partial charge in [-0.3, -0.25) is 0 Å². The number of carbonyl (C=O) groups is 2. The Balaban J connectivity index is 2.34. The number of halogens is 2. The smallest absolute Gasteiger partial charge is 0.387 e. The molecule has 168 valence electrons. The fourth-order valence-corrected chi connectivity index (χ4v) is 4.01. The molecular weight excluding hydrogens is 450 g/mol. The van der Waals surface area contributed by atoms with Gasteiger partial charge in [0.25, 0.3) is 0 Å². The number of alkyl halides is 2. The number of carbonyl (C=O) groups excluding carboxylic acids is 2. The number of hydrogen-bond acceptors (Lipinski definition) is 7. The van der Waals surface area contributed by atoms with E-state index in [1.165, 1.54) is 6.07 Å². The number of nitrogens with one attached hydrogen (secondary N) is 2. The molecule has 0 radical (unpaired) electrons. The van der Waals surface area contributed by atoms with Gasteiger partial charge in [0, 0.05) is 0 Å². The predicted molar refractivity (Wildman–Crippen MR) is 119 cm³/mol. The number of aryl methyl sites for hydroxylation is 1. The predicted octanol–water partition coefficient (Wildman–Crippen LogP) is 5.13. The van der Waals surface area contributed by atoms with E-state index in [0.717, 1.165) is 16.9 Å². The van der Waals surface area contributed by atoms with Gasteiger partial charge in [-0.15, -0.1) is 11.3 Å². The Morgan fingerprint density at radius 2 is 1.74 bits per heavy atom. The van der Waals surface area contributed by atoms with Crippen LogP contribution in [0.2, 0.25) is 0 Å². The molecule has 7 nitrogen and oxygen atoms in total. The fourth-order valence-electron chi connectivity index (χ4n) is 2.64. The Hall–Kier alpha value is -2.79. The third kappa shape index (κ3) is 6.34. The minimum atomic E-state index is -3.01. The van der Waals surface area contributed by atoms with Crippen molar-refractivity contribution in [2.45, 2.75) is 34.3 Å². The van der Waals surface area contributed by atoms with Crippen molar-refractivity contribution < 1.29 is 32.6 Å². The number of rotatable bonds is 8. The number of hydrogen-bond donors (Lipinski definition) is 2. The zero-order valence-electron chi connectivity index (χ0n) is 17.3. The van der Waals surface area contributed by atoms with Crippen molar-refractivity contribution in [2.75, 3.05) is 23.8 Å². The molecule has 0 saturated carbocycles. The Labute approximate surface area is 187 Å². The van der Waals surface area contributed by atoms with Crippen LogP contribution in [0, 0.1) is 13.8 Å². The fraction of sp³-hybridized carbons (Fsp3) is 0.350. The van der Waals surface area contributed by atoms with E-state index in [4.69, 9.17) is 21.7 Å². The summed E-state index contributed by atoms with van der Waals surface area (Å²) in [5.74, 6) is -1.30. The molecule has 31 heavy (non-hydrogen) atoms. The summed E-state index contributed by atoms with van der Waals surface area (Å²) >= 11 is 6.27. The molecule has 1 heterocycles. The van der Waals surface area contributed by atoms with E-state index in [9.17, 15) is 18.4 Å². The van der Waals surface area contributed by atoms with Gasteiger partial charge in [0.2, 0.25) is 0 Å². The zero-order valence-corrected chi connectivity index (χ0v) is 19.0. The molecule has 11 heteroatoms. The molecule has 0 saturated heterocycles. The van der Waals surface area contributed by atoms with Gasteiger partial charge in [-0.25, -0.2) is 9.59 Å². The summed E-state index contributed by atoms with van der Waals surface area (Å²) in [6.45, 7) is 4.02. The van der Waals surface area contributed by atoms with E-state index in [1.807, 2.05) is 0 Å². The Morgan fingerprint density at radius 3 is 2.35 bits per heavy atom. The topological polar surface area (TPSA) is 85.9 Å². The first-order valence-corrected chi connectivity index (χ1v) is 10.5. The lowest BCUT2D eigenvalue weighted by molar-refractivity contribution is -0.0493. The molecule has 0 aliphatic heterocycles. The molecule has 0 unspecified atom stereocenters. The third-order valence-corrected chi connectivity index (χ3v) is 5.30. The van der Waals surface area contributed by atoms with Gasteiger partial charge < -0.3 is 24.8 Å². The zero-order chi connectivity index (χ0) is 23.1. The lowest BCUT2D eigenvalue weighted by Gasteiger charge is -2.15. The first-order valence-electron chi connectivity index (χ1n) is 9.28. The number of benzene rings is 1. The second kappa shape index (κ2) is 11.0. The molecule has 1 aromatic heterocycles. The van der Waals surface area contributed by atoms with Gasteiger partial charge in [0.1, 0.15) is 15.6 Å². The van der Waals surface area contributed by atoms with Crippen LogP contribution in [0.4, 0.5) is 19.5 Å². The lowest BCUT2D eigenvalue weighted by atomic mass is 10.1. The first-order chi connectivity index (χ1) is 14.7. The van der Waals surface area contributed by atoms with Crippen LogP contribution in [-0.2, 0) is 9.47 Å². The molecule has 0 spiro atoms. The third-order valence-electron chi connectivity index (χ3n) is 3.91. The highest BCUT2D eigenvalue weighted by molar-refractivity contribution is 7.80. The summed E-state index contributed by atoms with van der Waals surface area (Å²) in [7, 11) is 0. The average Bonchev–Trinajstić information content (AvgIpc) is 3.00. The summed E-state index contributed by atoms with van der Waals surface area (Å²) in [5.41, 5.74) is 1.54. The van der Waals surface area contributed by atoms with E-state index in [0.29, 0.717) is 5.56 Å².